The summed E-state index contributed by atoms with van der Waals surface area (Å²) in [7, 11) is 0. The molecule has 1 aliphatic rings. The summed E-state index contributed by atoms with van der Waals surface area (Å²) in [4.78, 5) is 12.0. The molecule has 0 aliphatic heterocycles. The number of hydrogen-bond donors (Lipinski definition) is 1. The number of anilines is 1. The van der Waals surface area contributed by atoms with Crippen molar-refractivity contribution in [3.8, 4) is 0 Å². The van der Waals surface area contributed by atoms with Gasteiger partial charge in [-0.3, -0.25) is 4.79 Å². The summed E-state index contributed by atoms with van der Waals surface area (Å²) in [6, 6.07) is 18.2. The maximum atomic E-state index is 12.0. The van der Waals surface area contributed by atoms with Crippen molar-refractivity contribution in [2.45, 2.75) is 18.8 Å². The van der Waals surface area contributed by atoms with Crippen LogP contribution >= 0.6 is 15.9 Å². The van der Waals surface area contributed by atoms with Crippen molar-refractivity contribution in [1.82, 2.24) is 0 Å². The van der Waals surface area contributed by atoms with Crippen LogP contribution in [0.2, 0.25) is 0 Å². The van der Waals surface area contributed by atoms with Crippen LogP contribution in [0.1, 0.15) is 24.3 Å². The first-order chi connectivity index (χ1) is 10.2. The third-order valence-corrected chi connectivity index (χ3v) is 4.14. The Hall–Kier alpha value is -1.87. The fourth-order valence-corrected chi connectivity index (χ4v) is 3.09. The van der Waals surface area contributed by atoms with E-state index in [9.17, 15) is 4.79 Å². The van der Waals surface area contributed by atoms with Gasteiger partial charge in [0.15, 0.2) is 5.78 Å². The van der Waals surface area contributed by atoms with Crippen molar-refractivity contribution in [1.29, 1.82) is 0 Å². The van der Waals surface area contributed by atoms with E-state index in [1.165, 1.54) is 5.56 Å². The Balaban J connectivity index is 1.78. The average molecular weight is 342 g/mol. The first-order valence-corrected chi connectivity index (χ1v) is 7.81. The van der Waals surface area contributed by atoms with Crippen molar-refractivity contribution >= 4 is 27.4 Å². The zero-order valence-electron chi connectivity index (χ0n) is 11.6. The second-order valence-electron chi connectivity index (χ2n) is 5.29. The van der Waals surface area contributed by atoms with Crippen molar-refractivity contribution < 1.29 is 4.79 Å². The molecule has 0 radical (unpaired) electrons. The van der Waals surface area contributed by atoms with Gasteiger partial charge >= 0.3 is 0 Å². The molecular formula is C18H16BrNO. The summed E-state index contributed by atoms with van der Waals surface area (Å²) < 4.78 is 1.02. The highest BCUT2D eigenvalue weighted by Crippen LogP contribution is 2.32. The normalized spacial score (nSPS) is 18.2. The number of benzene rings is 2. The van der Waals surface area contributed by atoms with E-state index in [0.717, 1.165) is 22.3 Å². The first-order valence-electron chi connectivity index (χ1n) is 7.01. The first kappa shape index (κ1) is 14.1. The fourth-order valence-electron chi connectivity index (χ4n) is 2.69. The number of carbonyl (C=O) groups excluding carboxylic acids is 1. The Labute approximate surface area is 133 Å². The lowest BCUT2D eigenvalue weighted by molar-refractivity contribution is -0.115. The predicted octanol–water partition coefficient (Wildman–Crippen LogP) is 4.89. The van der Waals surface area contributed by atoms with E-state index in [0.29, 0.717) is 6.42 Å². The van der Waals surface area contributed by atoms with Crippen LogP contribution in [0.15, 0.2) is 70.8 Å². The van der Waals surface area contributed by atoms with Crippen molar-refractivity contribution in [2.75, 3.05) is 5.32 Å². The van der Waals surface area contributed by atoms with Crippen LogP contribution in [0.5, 0.6) is 0 Å². The van der Waals surface area contributed by atoms with Gasteiger partial charge in [0, 0.05) is 28.4 Å². The maximum absolute atomic E-state index is 12.0. The zero-order valence-corrected chi connectivity index (χ0v) is 13.1. The van der Waals surface area contributed by atoms with Crippen molar-refractivity contribution in [3.63, 3.8) is 0 Å². The Morgan fingerprint density at radius 3 is 2.57 bits per heavy atom. The van der Waals surface area contributed by atoms with E-state index in [-0.39, 0.29) is 11.7 Å². The second kappa shape index (κ2) is 6.27. The molecule has 2 aromatic rings. The average Bonchev–Trinajstić information content (AvgIpc) is 2.47. The Morgan fingerprint density at radius 1 is 1.00 bits per heavy atom. The van der Waals surface area contributed by atoms with Crippen molar-refractivity contribution in [3.05, 3.63) is 76.4 Å². The standard InChI is InChI=1S/C18H16BrNO/c19-15-7-4-8-16(11-15)20-17-9-14(10-18(21)12-17)13-5-2-1-3-6-13/h1-8,11-12,14,20H,9-10H2/t14-/m1/s1. The van der Waals surface area contributed by atoms with E-state index < -0.39 is 0 Å². The number of nitrogens with one attached hydrogen (secondary N) is 1. The quantitative estimate of drug-likeness (QED) is 0.860. The molecule has 0 aromatic heterocycles. The number of allylic oxidation sites excluding steroid dienone is 2. The number of carbonyl (C=O) groups is 1. The molecule has 2 nitrogen and oxygen atoms in total. The minimum absolute atomic E-state index is 0.188. The van der Waals surface area contributed by atoms with Crippen LogP contribution in [0.4, 0.5) is 5.69 Å². The molecule has 0 heterocycles. The molecule has 1 N–H and O–H groups in total. The minimum Gasteiger partial charge on any atom is -0.359 e. The lowest BCUT2D eigenvalue weighted by atomic mass is 9.85. The van der Waals surface area contributed by atoms with Gasteiger partial charge in [-0.1, -0.05) is 52.3 Å². The van der Waals surface area contributed by atoms with E-state index in [2.05, 4.69) is 33.4 Å². The molecule has 1 aliphatic carbocycles. The maximum Gasteiger partial charge on any atom is 0.158 e. The SMILES string of the molecule is O=C1C=C(Nc2cccc(Br)c2)C[C@@H](c2ccccc2)C1. The third kappa shape index (κ3) is 3.61. The molecule has 106 valence electrons. The van der Waals surface area contributed by atoms with Gasteiger partial charge in [0.1, 0.15) is 0 Å². The summed E-state index contributed by atoms with van der Waals surface area (Å²) in [5, 5.41) is 3.36. The monoisotopic (exact) mass is 341 g/mol. The van der Waals surface area contributed by atoms with Crippen LogP contribution in [-0.4, -0.2) is 5.78 Å². The molecule has 3 heteroatoms. The van der Waals surface area contributed by atoms with Gasteiger partial charge in [0.25, 0.3) is 0 Å². The molecular weight excluding hydrogens is 326 g/mol. The Bertz CT molecular complexity index is 679. The largest absolute Gasteiger partial charge is 0.359 e. The number of hydrogen-bond acceptors (Lipinski definition) is 2. The topological polar surface area (TPSA) is 29.1 Å². The predicted molar refractivity (Wildman–Crippen MR) is 89.3 cm³/mol. The summed E-state index contributed by atoms with van der Waals surface area (Å²) in [6.07, 6.45) is 3.19. The minimum atomic E-state index is 0.188. The molecule has 0 fully saturated rings. The van der Waals surface area contributed by atoms with E-state index >= 15 is 0 Å². The molecule has 0 saturated heterocycles. The molecule has 0 bridgehead atoms. The van der Waals surface area contributed by atoms with Crippen LogP contribution < -0.4 is 5.32 Å². The molecule has 21 heavy (non-hydrogen) atoms. The summed E-state index contributed by atoms with van der Waals surface area (Å²) in [5.41, 5.74) is 3.21. The van der Waals surface area contributed by atoms with Crippen LogP contribution in [0, 0.1) is 0 Å². The fraction of sp³-hybridized carbons (Fsp3) is 0.167. The number of rotatable bonds is 3. The van der Waals surface area contributed by atoms with Gasteiger partial charge in [0.05, 0.1) is 0 Å². The van der Waals surface area contributed by atoms with Gasteiger partial charge in [0.2, 0.25) is 0 Å². The molecule has 0 unspecified atom stereocenters. The highest BCUT2D eigenvalue weighted by atomic mass is 79.9. The Morgan fingerprint density at radius 2 is 1.81 bits per heavy atom. The summed E-state index contributed by atoms with van der Waals surface area (Å²) in [5.74, 6) is 0.450. The molecule has 0 spiro atoms. The smallest absolute Gasteiger partial charge is 0.158 e. The van der Waals surface area contributed by atoms with Crippen molar-refractivity contribution in [2.24, 2.45) is 0 Å². The number of halogens is 1. The second-order valence-corrected chi connectivity index (χ2v) is 6.20. The van der Waals surface area contributed by atoms with Crippen LogP contribution in [-0.2, 0) is 4.79 Å². The van der Waals surface area contributed by atoms with E-state index in [1.54, 1.807) is 6.08 Å². The zero-order chi connectivity index (χ0) is 14.7. The van der Waals surface area contributed by atoms with Gasteiger partial charge in [-0.05, 0) is 36.1 Å². The third-order valence-electron chi connectivity index (χ3n) is 3.65. The van der Waals surface area contributed by atoms with E-state index in [1.807, 2.05) is 42.5 Å². The molecule has 3 rings (SSSR count). The van der Waals surface area contributed by atoms with Gasteiger partial charge < -0.3 is 5.32 Å². The van der Waals surface area contributed by atoms with Crippen LogP contribution in [0.3, 0.4) is 0 Å². The highest BCUT2D eigenvalue weighted by Gasteiger charge is 2.22. The van der Waals surface area contributed by atoms with Gasteiger partial charge in [-0.15, -0.1) is 0 Å². The number of ketones is 1. The lowest BCUT2D eigenvalue weighted by Gasteiger charge is -2.23. The lowest BCUT2D eigenvalue weighted by Crippen LogP contribution is -2.16. The molecule has 2 aromatic carbocycles. The van der Waals surface area contributed by atoms with Gasteiger partial charge in [-0.25, -0.2) is 0 Å². The summed E-state index contributed by atoms with van der Waals surface area (Å²) in [6.45, 7) is 0. The van der Waals surface area contributed by atoms with Gasteiger partial charge in [-0.2, -0.15) is 0 Å². The molecule has 0 saturated carbocycles. The molecule has 0 amide bonds. The van der Waals surface area contributed by atoms with E-state index in [4.69, 9.17) is 0 Å². The highest BCUT2D eigenvalue weighted by molar-refractivity contribution is 9.10. The Kier molecular flexibility index (Phi) is 4.20. The summed E-state index contributed by atoms with van der Waals surface area (Å²) >= 11 is 3.46. The van der Waals surface area contributed by atoms with Crippen LogP contribution in [0.25, 0.3) is 0 Å². The molecule has 1 atom stereocenters.